The third-order valence-corrected chi connectivity index (χ3v) is 12.2. The number of benzene rings is 3. The van der Waals surface area contributed by atoms with E-state index in [0.29, 0.717) is 16.9 Å². The van der Waals surface area contributed by atoms with Crippen molar-refractivity contribution in [3.8, 4) is 34.5 Å². The molecule has 3 aromatic rings. The number of fused-ring (bicyclic) bond motifs is 3. The van der Waals surface area contributed by atoms with Crippen molar-refractivity contribution < 1.29 is 29.2 Å². The second-order valence-corrected chi connectivity index (χ2v) is 22.6. The molecule has 0 radical (unpaired) electrons. The number of unbranched alkanes of at least 4 members (excludes halogenated alkanes) is 5. The fourth-order valence-corrected chi connectivity index (χ4v) is 9.56. The van der Waals surface area contributed by atoms with Crippen LogP contribution in [0.5, 0.6) is 34.5 Å². The smallest absolute Gasteiger partial charge is 0.127 e. The van der Waals surface area contributed by atoms with Crippen molar-refractivity contribution >= 4 is 0 Å². The molecule has 6 heteroatoms. The molecule has 3 aromatic carbocycles. The lowest BCUT2D eigenvalue weighted by Crippen LogP contribution is -2.41. The first kappa shape index (κ1) is 51.8. The Kier molecular flexibility index (Phi) is 17.6. The van der Waals surface area contributed by atoms with Crippen LogP contribution in [0.2, 0.25) is 0 Å². The quantitative estimate of drug-likeness (QED) is 0.209. The Balaban J connectivity index is 0.000000232. The number of ether oxygens (including phenoxy) is 4. The minimum absolute atomic E-state index is 0.0350. The van der Waals surface area contributed by atoms with Gasteiger partial charge in [-0.3, -0.25) is 0 Å². The minimum Gasteiger partial charge on any atom is -0.508 e. The van der Waals surface area contributed by atoms with Crippen LogP contribution in [0.4, 0.5) is 0 Å². The first-order chi connectivity index (χ1) is 28.0. The van der Waals surface area contributed by atoms with Gasteiger partial charge in [-0.25, -0.2) is 0 Å². The zero-order valence-electron chi connectivity index (χ0n) is 42.2. The normalized spacial score (nSPS) is 18.2. The highest BCUT2D eigenvalue weighted by Crippen LogP contribution is 2.48. The number of phenolic OH excluding ortho intramolecular Hbond substituents is 2. The van der Waals surface area contributed by atoms with Crippen molar-refractivity contribution in [1.82, 2.24) is 0 Å². The molecule has 0 amide bonds. The van der Waals surface area contributed by atoms with Gasteiger partial charge in [-0.2, -0.15) is 0 Å². The van der Waals surface area contributed by atoms with Gasteiger partial charge in [0.25, 0.3) is 0 Å². The molecule has 0 saturated carbocycles. The maximum absolute atomic E-state index is 10.4. The van der Waals surface area contributed by atoms with Crippen LogP contribution in [0.1, 0.15) is 208 Å². The average Bonchev–Trinajstić information content (AvgIpc) is 3.09. The lowest BCUT2D eigenvalue weighted by Gasteiger charge is -2.42. The Hall–Kier alpha value is -3.54. The van der Waals surface area contributed by atoms with Gasteiger partial charge in [-0.15, -0.1) is 0 Å². The van der Waals surface area contributed by atoms with Crippen LogP contribution in [-0.2, 0) is 23.7 Å². The molecule has 344 valence electrons. The van der Waals surface area contributed by atoms with Crippen LogP contribution >= 0.6 is 0 Å². The molecule has 6 nitrogen and oxygen atoms in total. The van der Waals surface area contributed by atoms with Gasteiger partial charge in [-0.05, 0) is 169 Å². The minimum atomic E-state index is -0.148. The van der Waals surface area contributed by atoms with E-state index < -0.39 is 0 Å². The molecule has 0 saturated heterocycles. The first-order valence-corrected chi connectivity index (χ1v) is 23.5. The van der Waals surface area contributed by atoms with Crippen LogP contribution in [0.25, 0.3) is 0 Å². The summed E-state index contributed by atoms with van der Waals surface area (Å²) < 4.78 is 23.5. The highest BCUT2D eigenvalue weighted by Gasteiger charge is 2.40. The maximum atomic E-state index is 10.4. The zero-order valence-corrected chi connectivity index (χ0v) is 42.2. The topological polar surface area (TPSA) is 77.4 Å². The van der Waals surface area contributed by atoms with E-state index >= 15 is 0 Å². The van der Waals surface area contributed by atoms with Gasteiger partial charge in [0.1, 0.15) is 51.3 Å². The Labute approximate surface area is 373 Å². The third kappa shape index (κ3) is 15.6. The first-order valence-electron chi connectivity index (χ1n) is 23.5. The Bertz CT molecular complexity index is 1870. The number of aryl methyl sites for hydroxylation is 4. The van der Waals surface area contributed by atoms with Gasteiger partial charge >= 0.3 is 0 Å². The Morgan fingerprint density at radius 2 is 1.11 bits per heavy atom. The molecule has 3 heterocycles. The third-order valence-electron chi connectivity index (χ3n) is 12.2. The molecule has 3 aliphatic heterocycles. The van der Waals surface area contributed by atoms with E-state index in [4.69, 9.17) is 18.9 Å². The van der Waals surface area contributed by atoms with Gasteiger partial charge in [0.2, 0.25) is 0 Å². The number of methoxy groups -OCH3 is 1. The van der Waals surface area contributed by atoms with E-state index in [2.05, 4.69) is 129 Å². The summed E-state index contributed by atoms with van der Waals surface area (Å²) in [6.45, 7) is 37.0. The number of phenols is 2. The second kappa shape index (κ2) is 20.8. The Morgan fingerprint density at radius 1 is 0.590 bits per heavy atom. The molecule has 61 heavy (non-hydrogen) atoms. The van der Waals surface area contributed by atoms with Gasteiger partial charge in [-0.1, -0.05) is 101 Å². The Morgan fingerprint density at radius 3 is 1.64 bits per heavy atom. The monoisotopic (exact) mass is 845 g/mol. The summed E-state index contributed by atoms with van der Waals surface area (Å²) in [4.78, 5) is 0. The molecular weight excluding hydrogens is 757 g/mol. The van der Waals surface area contributed by atoms with Gasteiger partial charge < -0.3 is 29.2 Å². The summed E-state index contributed by atoms with van der Waals surface area (Å²) in [7, 11) is 1.72. The fourth-order valence-electron chi connectivity index (χ4n) is 9.56. The molecule has 0 aromatic heterocycles. The van der Waals surface area contributed by atoms with E-state index in [1.807, 2.05) is 19.1 Å². The van der Waals surface area contributed by atoms with E-state index in [-0.39, 0.29) is 27.6 Å². The van der Waals surface area contributed by atoms with Crippen LogP contribution in [-0.4, -0.2) is 34.1 Å². The summed E-state index contributed by atoms with van der Waals surface area (Å²) in [5, 5.41) is 20.0. The predicted octanol–water partition coefficient (Wildman–Crippen LogP) is 15.6. The molecule has 0 bridgehead atoms. The molecule has 0 unspecified atom stereocenters. The van der Waals surface area contributed by atoms with Crippen molar-refractivity contribution in [2.24, 2.45) is 5.41 Å². The molecule has 0 spiro atoms. The summed E-state index contributed by atoms with van der Waals surface area (Å²) in [5.41, 5.74) is 7.04. The number of aromatic hydroxyl groups is 2. The molecule has 0 atom stereocenters. The molecule has 0 aliphatic carbocycles. The molecular formula is C55H88O6. The van der Waals surface area contributed by atoms with E-state index in [0.717, 1.165) is 83.8 Å². The van der Waals surface area contributed by atoms with Crippen molar-refractivity contribution in [1.29, 1.82) is 0 Å². The van der Waals surface area contributed by atoms with Crippen LogP contribution in [0.15, 0.2) is 36.4 Å². The highest BCUT2D eigenvalue weighted by molar-refractivity contribution is 5.52. The lowest BCUT2D eigenvalue weighted by atomic mass is 9.73. The number of rotatable bonds is 9. The molecule has 0 fully saturated rings. The maximum Gasteiger partial charge on any atom is 0.127 e. The summed E-state index contributed by atoms with van der Waals surface area (Å²) in [5.74, 6) is 4.51. The van der Waals surface area contributed by atoms with Crippen molar-refractivity contribution in [3.05, 3.63) is 69.8 Å². The molecule has 3 aliphatic rings. The van der Waals surface area contributed by atoms with Gasteiger partial charge in [0.05, 0.1) is 7.11 Å². The van der Waals surface area contributed by atoms with E-state index in [9.17, 15) is 10.2 Å². The van der Waals surface area contributed by atoms with Crippen LogP contribution in [0.3, 0.4) is 0 Å². The van der Waals surface area contributed by atoms with E-state index in [1.165, 1.54) is 56.1 Å². The molecule has 6 rings (SSSR count). The summed E-state index contributed by atoms with van der Waals surface area (Å²) in [6.07, 6.45) is 15.3. The fraction of sp³-hybridized carbons (Fsp3) is 0.673. The van der Waals surface area contributed by atoms with Crippen molar-refractivity contribution in [2.45, 2.75) is 229 Å². The zero-order chi connectivity index (χ0) is 46.2. The SMILES string of the molecule is CCCC(C)(C)C.CCCCCCCCc1cc2c(cc1O)C(C)(C)CC(C)(C)O2.COc1cc2c(cc1C)OC(C)(C)CC2(C)C.Cc1cc2c(cc1O)OC(C)(C)CC2. The van der Waals surface area contributed by atoms with E-state index in [1.54, 1.807) is 13.2 Å². The number of hydrogen-bond donors (Lipinski definition) is 2. The van der Waals surface area contributed by atoms with Gasteiger partial charge in [0, 0.05) is 17.2 Å². The lowest BCUT2D eigenvalue weighted by molar-refractivity contribution is 0.0525. The van der Waals surface area contributed by atoms with Gasteiger partial charge in [0.15, 0.2) is 0 Å². The predicted molar refractivity (Wildman–Crippen MR) is 258 cm³/mol. The molecule has 2 N–H and O–H groups in total. The van der Waals surface area contributed by atoms with Crippen LogP contribution in [0, 0.1) is 19.3 Å². The van der Waals surface area contributed by atoms with Crippen molar-refractivity contribution in [2.75, 3.05) is 7.11 Å². The standard InChI is InChI=1S/C21H34O2.C15H22O2.C12H16O2.C7H16/c1-6-7-8-9-10-11-12-16-13-19-17(14-18(16)22)20(2,3)15-21(4,5)23-19;1-10-7-13-11(8-12(10)16-6)14(2,3)9-15(4,5)17-13;1-8-6-9-4-5-12(2,3)14-11(9)7-10(8)13;1-5-6-7(2,3)4/h13-14,22H,6-12,15H2,1-5H3;7-8H,9H2,1-6H3;6-7,13H,4-5H2,1-3H3;5-6H2,1-4H3. The summed E-state index contributed by atoms with van der Waals surface area (Å²) >= 11 is 0. The largest absolute Gasteiger partial charge is 0.508 e. The summed E-state index contributed by atoms with van der Waals surface area (Å²) in [6, 6.07) is 12.0. The van der Waals surface area contributed by atoms with Crippen molar-refractivity contribution in [3.63, 3.8) is 0 Å². The van der Waals surface area contributed by atoms with Crippen LogP contribution < -0.4 is 18.9 Å². The second-order valence-electron chi connectivity index (χ2n) is 22.6. The number of hydrogen-bond acceptors (Lipinski definition) is 6. The highest BCUT2D eigenvalue weighted by atomic mass is 16.5. The average molecular weight is 845 g/mol.